The second-order valence-electron chi connectivity index (χ2n) is 7.50. The maximum Gasteiger partial charge on any atom is 0.241 e. The average Bonchev–Trinajstić information content (AvgIpc) is 3.45. The molecule has 0 aliphatic carbocycles. The Labute approximate surface area is 184 Å². The first-order valence-electron chi connectivity index (χ1n) is 10.1. The van der Waals surface area contributed by atoms with Crippen LogP contribution in [0.3, 0.4) is 0 Å². The first-order valence-corrected chi connectivity index (χ1v) is 11.3. The summed E-state index contributed by atoms with van der Waals surface area (Å²) >= 11 is 1.72. The molecule has 164 valence electrons. The Kier molecular flexibility index (Phi) is 6.57. The van der Waals surface area contributed by atoms with E-state index in [1.807, 2.05) is 30.3 Å². The third-order valence-corrected chi connectivity index (χ3v) is 6.32. The number of methoxy groups -OCH3 is 1. The third-order valence-electron chi connectivity index (χ3n) is 5.35. The average molecular weight is 444 g/mol. The van der Waals surface area contributed by atoms with E-state index in [0.717, 1.165) is 28.5 Å². The highest BCUT2D eigenvalue weighted by Crippen LogP contribution is 2.35. The Balaban J connectivity index is 1.45. The summed E-state index contributed by atoms with van der Waals surface area (Å²) in [4.78, 5) is 39.4. The molecule has 9 nitrogen and oxygen atoms in total. The standard InChI is InChI=1S/C21H25N5O4S/c1-30-8-7-22-18(27)11-26-20(16-12-31-13-17(16)24-26)23-21(29)14-9-19(28)25(10-14)15-5-3-2-4-6-15/h2-6,14H,7-13H2,1H3,(H,22,27)(H,23,29)/t14-/m1/s1. The molecule has 1 aromatic carbocycles. The number of anilines is 2. The number of hydrogen-bond donors (Lipinski definition) is 2. The number of para-hydroxylation sites is 1. The SMILES string of the molecule is COCCNC(=O)Cn1nc2c(c1NC(=O)[C@@H]1CC(=O)N(c3ccccc3)C1)CSC2. The Morgan fingerprint density at radius 2 is 2.06 bits per heavy atom. The van der Waals surface area contributed by atoms with Crippen LogP contribution in [-0.2, 0) is 37.2 Å². The van der Waals surface area contributed by atoms with Gasteiger partial charge in [-0.05, 0) is 12.1 Å². The molecule has 2 aliphatic heterocycles. The van der Waals surface area contributed by atoms with Gasteiger partial charge in [-0.1, -0.05) is 18.2 Å². The van der Waals surface area contributed by atoms with Crippen molar-refractivity contribution in [2.24, 2.45) is 5.92 Å². The molecular formula is C21H25N5O4S. The lowest BCUT2D eigenvalue weighted by molar-refractivity contribution is -0.122. The quantitative estimate of drug-likeness (QED) is 0.598. The summed E-state index contributed by atoms with van der Waals surface area (Å²) in [5.41, 5.74) is 2.63. The first-order chi connectivity index (χ1) is 15.1. The van der Waals surface area contributed by atoms with Gasteiger partial charge in [0.15, 0.2) is 0 Å². The number of ether oxygens (including phenoxy) is 1. The minimum Gasteiger partial charge on any atom is -0.383 e. The predicted octanol–water partition coefficient (Wildman–Crippen LogP) is 1.38. The van der Waals surface area contributed by atoms with E-state index in [1.165, 1.54) is 0 Å². The Morgan fingerprint density at radius 1 is 1.26 bits per heavy atom. The Hall–Kier alpha value is -2.85. The maximum absolute atomic E-state index is 13.0. The smallest absolute Gasteiger partial charge is 0.241 e. The molecule has 1 aromatic heterocycles. The molecule has 2 N–H and O–H groups in total. The van der Waals surface area contributed by atoms with Gasteiger partial charge in [0.1, 0.15) is 12.4 Å². The molecule has 1 atom stereocenters. The van der Waals surface area contributed by atoms with Crippen molar-refractivity contribution >= 4 is 41.0 Å². The summed E-state index contributed by atoms with van der Waals surface area (Å²) in [6, 6.07) is 9.35. The largest absolute Gasteiger partial charge is 0.383 e. The second kappa shape index (κ2) is 9.52. The molecule has 10 heteroatoms. The highest BCUT2D eigenvalue weighted by molar-refractivity contribution is 7.98. The molecule has 3 amide bonds. The van der Waals surface area contributed by atoms with Crippen molar-refractivity contribution in [2.75, 3.05) is 37.0 Å². The summed E-state index contributed by atoms with van der Waals surface area (Å²) in [6.45, 7) is 1.18. The normalized spacial score (nSPS) is 17.6. The lowest BCUT2D eigenvalue weighted by atomic mass is 10.1. The van der Waals surface area contributed by atoms with Gasteiger partial charge in [0.25, 0.3) is 0 Å². The van der Waals surface area contributed by atoms with Crippen LogP contribution in [-0.4, -0.2) is 54.3 Å². The van der Waals surface area contributed by atoms with Crippen LogP contribution in [0, 0.1) is 5.92 Å². The van der Waals surface area contributed by atoms with Crippen LogP contribution in [0.4, 0.5) is 11.5 Å². The van der Waals surface area contributed by atoms with Crippen LogP contribution >= 0.6 is 11.8 Å². The topological polar surface area (TPSA) is 106 Å². The number of rotatable bonds is 8. The predicted molar refractivity (Wildman–Crippen MR) is 118 cm³/mol. The number of hydrogen-bond acceptors (Lipinski definition) is 6. The van der Waals surface area contributed by atoms with Crippen molar-refractivity contribution in [1.29, 1.82) is 0 Å². The summed E-state index contributed by atoms with van der Waals surface area (Å²) in [6.07, 6.45) is 0.156. The number of amides is 3. The second-order valence-corrected chi connectivity index (χ2v) is 8.48. The van der Waals surface area contributed by atoms with Gasteiger partial charge in [-0.15, -0.1) is 0 Å². The zero-order chi connectivity index (χ0) is 21.8. The molecule has 1 fully saturated rings. The first kappa shape index (κ1) is 21.4. The van der Waals surface area contributed by atoms with Crippen molar-refractivity contribution in [3.05, 3.63) is 41.6 Å². The van der Waals surface area contributed by atoms with Crippen molar-refractivity contribution in [2.45, 2.75) is 24.5 Å². The van der Waals surface area contributed by atoms with Crippen LogP contribution in [0.1, 0.15) is 17.7 Å². The van der Waals surface area contributed by atoms with Crippen molar-refractivity contribution in [1.82, 2.24) is 15.1 Å². The van der Waals surface area contributed by atoms with E-state index in [-0.39, 0.29) is 30.7 Å². The molecule has 0 unspecified atom stereocenters. The van der Waals surface area contributed by atoms with E-state index in [4.69, 9.17) is 4.74 Å². The Morgan fingerprint density at radius 3 is 2.84 bits per heavy atom. The summed E-state index contributed by atoms with van der Waals surface area (Å²) in [5.74, 6) is 1.07. The van der Waals surface area contributed by atoms with Crippen LogP contribution in [0.2, 0.25) is 0 Å². The zero-order valence-corrected chi connectivity index (χ0v) is 18.1. The van der Waals surface area contributed by atoms with Crippen LogP contribution < -0.4 is 15.5 Å². The molecule has 2 aromatic rings. The van der Waals surface area contributed by atoms with Crippen molar-refractivity contribution in [3.63, 3.8) is 0 Å². The molecule has 0 radical (unpaired) electrons. The molecule has 3 heterocycles. The number of thioether (sulfide) groups is 1. The van der Waals surface area contributed by atoms with Gasteiger partial charge in [0.05, 0.1) is 18.2 Å². The van der Waals surface area contributed by atoms with E-state index in [2.05, 4.69) is 15.7 Å². The van der Waals surface area contributed by atoms with E-state index in [1.54, 1.807) is 28.5 Å². The maximum atomic E-state index is 13.0. The number of nitrogens with zero attached hydrogens (tertiary/aromatic N) is 3. The zero-order valence-electron chi connectivity index (χ0n) is 17.3. The minimum atomic E-state index is -0.462. The molecule has 4 rings (SSSR count). The molecule has 1 saturated heterocycles. The number of fused-ring (bicyclic) bond motifs is 1. The van der Waals surface area contributed by atoms with Gasteiger partial charge in [-0.3, -0.25) is 14.4 Å². The Bertz CT molecular complexity index is 978. The fourth-order valence-corrected chi connectivity index (χ4v) is 4.80. The van der Waals surface area contributed by atoms with Crippen molar-refractivity contribution in [3.8, 4) is 0 Å². The number of benzene rings is 1. The van der Waals surface area contributed by atoms with Gasteiger partial charge in [-0.25, -0.2) is 4.68 Å². The highest BCUT2D eigenvalue weighted by atomic mass is 32.2. The van der Waals surface area contributed by atoms with E-state index in [9.17, 15) is 14.4 Å². The van der Waals surface area contributed by atoms with Crippen LogP contribution in [0.5, 0.6) is 0 Å². The fourth-order valence-electron chi connectivity index (χ4n) is 3.76. The van der Waals surface area contributed by atoms with E-state index >= 15 is 0 Å². The highest BCUT2D eigenvalue weighted by Gasteiger charge is 2.36. The van der Waals surface area contributed by atoms with Gasteiger partial charge in [0, 0.05) is 49.4 Å². The van der Waals surface area contributed by atoms with Gasteiger partial charge < -0.3 is 20.3 Å². The summed E-state index contributed by atoms with van der Waals surface area (Å²) in [7, 11) is 1.57. The molecule has 0 saturated carbocycles. The van der Waals surface area contributed by atoms with Gasteiger partial charge in [-0.2, -0.15) is 16.9 Å². The summed E-state index contributed by atoms with van der Waals surface area (Å²) in [5, 5.41) is 10.3. The van der Waals surface area contributed by atoms with Gasteiger partial charge >= 0.3 is 0 Å². The van der Waals surface area contributed by atoms with E-state index < -0.39 is 5.92 Å². The van der Waals surface area contributed by atoms with Crippen LogP contribution in [0.15, 0.2) is 30.3 Å². The molecule has 31 heavy (non-hydrogen) atoms. The number of carbonyl (C=O) groups is 3. The lowest BCUT2D eigenvalue weighted by Crippen LogP contribution is -2.32. The third kappa shape index (κ3) is 4.75. The van der Waals surface area contributed by atoms with Crippen molar-refractivity contribution < 1.29 is 19.1 Å². The lowest BCUT2D eigenvalue weighted by Gasteiger charge is -2.17. The number of nitrogens with one attached hydrogen (secondary N) is 2. The molecule has 0 bridgehead atoms. The molecule has 2 aliphatic rings. The fraction of sp³-hybridized carbons (Fsp3) is 0.429. The summed E-state index contributed by atoms with van der Waals surface area (Å²) < 4.78 is 6.50. The minimum absolute atomic E-state index is 0.0106. The van der Waals surface area contributed by atoms with E-state index in [0.29, 0.717) is 25.5 Å². The molecule has 0 spiro atoms. The van der Waals surface area contributed by atoms with Gasteiger partial charge in [0.2, 0.25) is 17.7 Å². The monoisotopic (exact) mass is 443 g/mol. The van der Waals surface area contributed by atoms with Crippen LogP contribution in [0.25, 0.3) is 0 Å². The molecular weight excluding hydrogens is 418 g/mol. The number of carbonyl (C=O) groups excluding carboxylic acids is 3. The number of aromatic nitrogens is 2.